The number of amides is 2. The van der Waals surface area contributed by atoms with Crippen LogP contribution < -0.4 is 10.6 Å². The van der Waals surface area contributed by atoms with Crippen molar-refractivity contribution < 1.29 is 14.3 Å². The van der Waals surface area contributed by atoms with Crippen LogP contribution in [0.25, 0.3) is 0 Å². The molecule has 0 aliphatic carbocycles. The highest BCUT2D eigenvalue weighted by Crippen LogP contribution is 1.97. The largest absolute Gasteiger partial charge is 0.375 e. The zero-order valence-electron chi connectivity index (χ0n) is 9.63. The van der Waals surface area contributed by atoms with Crippen LogP contribution in [0.1, 0.15) is 20.3 Å². The third-order valence-electron chi connectivity index (χ3n) is 1.64. The summed E-state index contributed by atoms with van der Waals surface area (Å²) in [5.41, 5.74) is 0. The van der Waals surface area contributed by atoms with Gasteiger partial charge in [-0.15, -0.1) is 0 Å². The SMILES string of the molecule is COCC(=O)NCCNC(=O)CC(C)C. The van der Waals surface area contributed by atoms with Gasteiger partial charge in [-0.1, -0.05) is 13.8 Å². The molecule has 0 aromatic heterocycles. The molecule has 0 aromatic rings. The fourth-order valence-corrected chi connectivity index (χ4v) is 1.03. The molecule has 0 saturated heterocycles. The molecule has 5 heteroatoms. The van der Waals surface area contributed by atoms with Gasteiger partial charge in [-0.05, 0) is 5.92 Å². The number of carbonyl (C=O) groups is 2. The van der Waals surface area contributed by atoms with Crippen LogP contribution in [0.15, 0.2) is 0 Å². The second kappa shape index (κ2) is 8.23. The molecule has 0 radical (unpaired) electrons. The van der Waals surface area contributed by atoms with Crippen LogP contribution in [0.3, 0.4) is 0 Å². The van der Waals surface area contributed by atoms with Gasteiger partial charge in [0, 0.05) is 26.6 Å². The zero-order chi connectivity index (χ0) is 11.7. The summed E-state index contributed by atoms with van der Waals surface area (Å²) in [5.74, 6) is 0.203. The van der Waals surface area contributed by atoms with Crippen molar-refractivity contribution in [2.75, 3.05) is 26.8 Å². The molecule has 0 unspecified atom stereocenters. The Kier molecular flexibility index (Phi) is 7.62. The van der Waals surface area contributed by atoms with Gasteiger partial charge in [0.25, 0.3) is 0 Å². The standard InChI is InChI=1S/C10H20N2O3/c1-8(2)6-9(13)11-4-5-12-10(14)7-15-3/h8H,4-7H2,1-3H3,(H,11,13)(H,12,14). The van der Waals surface area contributed by atoms with Crippen molar-refractivity contribution in [1.82, 2.24) is 10.6 Å². The first-order valence-electron chi connectivity index (χ1n) is 5.08. The van der Waals surface area contributed by atoms with Crippen LogP contribution in [-0.2, 0) is 14.3 Å². The molecule has 0 rings (SSSR count). The van der Waals surface area contributed by atoms with E-state index in [-0.39, 0.29) is 18.4 Å². The van der Waals surface area contributed by atoms with E-state index in [2.05, 4.69) is 15.4 Å². The molecule has 0 heterocycles. The predicted molar refractivity (Wildman–Crippen MR) is 57.4 cm³/mol. The first-order chi connectivity index (χ1) is 7.06. The highest BCUT2D eigenvalue weighted by molar-refractivity contribution is 5.77. The normalized spacial score (nSPS) is 10.1. The second-order valence-corrected chi connectivity index (χ2v) is 3.73. The van der Waals surface area contributed by atoms with Crippen molar-refractivity contribution in [2.24, 2.45) is 5.92 Å². The highest BCUT2D eigenvalue weighted by Gasteiger charge is 2.03. The van der Waals surface area contributed by atoms with E-state index in [1.165, 1.54) is 7.11 Å². The minimum atomic E-state index is -0.171. The quantitative estimate of drug-likeness (QED) is 0.584. The number of rotatable bonds is 7. The van der Waals surface area contributed by atoms with Gasteiger partial charge < -0.3 is 15.4 Å². The summed E-state index contributed by atoms with van der Waals surface area (Å²) in [6, 6.07) is 0. The van der Waals surface area contributed by atoms with E-state index in [0.717, 1.165) is 0 Å². The van der Waals surface area contributed by atoms with Gasteiger partial charge in [-0.2, -0.15) is 0 Å². The molecule has 2 N–H and O–H groups in total. The fraction of sp³-hybridized carbons (Fsp3) is 0.800. The monoisotopic (exact) mass is 216 g/mol. The molecule has 5 nitrogen and oxygen atoms in total. The van der Waals surface area contributed by atoms with Crippen LogP contribution in [0, 0.1) is 5.92 Å². The molecule has 0 atom stereocenters. The maximum atomic E-state index is 11.2. The first kappa shape index (κ1) is 13.9. The summed E-state index contributed by atoms with van der Waals surface area (Å²) in [6.45, 7) is 4.92. The molecule has 2 amide bonds. The lowest BCUT2D eigenvalue weighted by Crippen LogP contribution is -2.36. The molecule has 88 valence electrons. The van der Waals surface area contributed by atoms with Gasteiger partial charge in [-0.25, -0.2) is 0 Å². The number of hydrogen-bond donors (Lipinski definition) is 2. The lowest BCUT2D eigenvalue weighted by molar-refractivity contribution is -0.125. The van der Waals surface area contributed by atoms with Crippen molar-refractivity contribution >= 4 is 11.8 Å². The van der Waals surface area contributed by atoms with Crippen LogP contribution >= 0.6 is 0 Å². The highest BCUT2D eigenvalue weighted by atomic mass is 16.5. The minimum Gasteiger partial charge on any atom is -0.375 e. The number of carbonyl (C=O) groups excluding carboxylic acids is 2. The maximum Gasteiger partial charge on any atom is 0.246 e. The lowest BCUT2D eigenvalue weighted by Gasteiger charge is -2.07. The summed E-state index contributed by atoms with van der Waals surface area (Å²) in [5, 5.41) is 5.33. The van der Waals surface area contributed by atoms with Crippen molar-refractivity contribution in [3.63, 3.8) is 0 Å². The third kappa shape index (κ3) is 9.21. The van der Waals surface area contributed by atoms with E-state index < -0.39 is 0 Å². The molecule has 0 bridgehead atoms. The van der Waals surface area contributed by atoms with E-state index in [0.29, 0.717) is 25.4 Å². The van der Waals surface area contributed by atoms with Crippen LogP contribution in [-0.4, -0.2) is 38.6 Å². The molecular weight excluding hydrogens is 196 g/mol. The summed E-state index contributed by atoms with van der Waals surface area (Å²) >= 11 is 0. The van der Waals surface area contributed by atoms with Gasteiger partial charge in [-0.3, -0.25) is 9.59 Å². The van der Waals surface area contributed by atoms with Crippen molar-refractivity contribution in [3.05, 3.63) is 0 Å². The zero-order valence-corrected chi connectivity index (χ0v) is 9.63. The second-order valence-electron chi connectivity index (χ2n) is 3.73. The average Bonchev–Trinajstić information content (AvgIpc) is 2.12. The molecule has 0 aliphatic rings. The number of hydrogen-bond acceptors (Lipinski definition) is 3. The van der Waals surface area contributed by atoms with Crippen LogP contribution in [0.5, 0.6) is 0 Å². The number of nitrogens with one attached hydrogen (secondary N) is 2. The molecule has 0 aromatic carbocycles. The van der Waals surface area contributed by atoms with E-state index in [4.69, 9.17) is 0 Å². The Morgan fingerprint density at radius 3 is 2.13 bits per heavy atom. The fourth-order valence-electron chi connectivity index (χ4n) is 1.03. The Hall–Kier alpha value is -1.10. The summed E-state index contributed by atoms with van der Waals surface area (Å²) in [6.07, 6.45) is 0.520. The van der Waals surface area contributed by atoms with E-state index in [1.54, 1.807) is 0 Å². The van der Waals surface area contributed by atoms with Crippen LogP contribution in [0.4, 0.5) is 0 Å². The van der Waals surface area contributed by atoms with Gasteiger partial charge in [0.1, 0.15) is 6.61 Å². The Bertz CT molecular complexity index is 205. The molecular formula is C10H20N2O3. The van der Waals surface area contributed by atoms with Crippen molar-refractivity contribution in [2.45, 2.75) is 20.3 Å². The number of ether oxygens (including phenoxy) is 1. The van der Waals surface area contributed by atoms with Gasteiger partial charge >= 0.3 is 0 Å². The average molecular weight is 216 g/mol. The van der Waals surface area contributed by atoms with Crippen LogP contribution in [0.2, 0.25) is 0 Å². The molecule has 0 fully saturated rings. The third-order valence-corrected chi connectivity index (χ3v) is 1.64. The summed E-state index contributed by atoms with van der Waals surface area (Å²) in [4.78, 5) is 22.1. The number of methoxy groups -OCH3 is 1. The predicted octanol–water partition coefficient (Wildman–Crippen LogP) is -0.0887. The van der Waals surface area contributed by atoms with Gasteiger partial charge in [0.15, 0.2) is 0 Å². The topological polar surface area (TPSA) is 67.4 Å². The van der Waals surface area contributed by atoms with Crippen molar-refractivity contribution in [1.29, 1.82) is 0 Å². The summed E-state index contributed by atoms with van der Waals surface area (Å²) in [7, 11) is 1.46. The molecule has 0 saturated carbocycles. The van der Waals surface area contributed by atoms with Gasteiger partial charge in [0.2, 0.25) is 11.8 Å². The Morgan fingerprint density at radius 2 is 1.67 bits per heavy atom. The maximum absolute atomic E-state index is 11.2. The van der Waals surface area contributed by atoms with Crippen molar-refractivity contribution in [3.8, 4) is 0 Å². The first-order valence-corrected chi connectivity index (χ1v) is 5.08. The van der Waals surface area contributed by atoms with E-state index in [1.807, 2.05) is 13.8 Å². The van der Waals surface area contributed by atoms with E-state index >= 15 is 0 Å². The van der Waals surface area contributed by atoms with Gasteiger partial charge in [0.05, 0.1) is 0 Å². The lowest BCUT2D eigenvalue weighted by atomic mass is 10.1. The minimum absolute atomic E-state index is 0.0194. The molecule has 0 spiro atoms. The Balaban J connectivity index is 3.38. The molecule has 0 aliphatic heterocycles. The molecule has 15 heavy (non-hydrogen) atoms. The smallest absolute Gasteiger partial charge is 0.246 e. The summed E-state index contributed by atoms with van der Waals surface area (Å²) < 4.78 is 4.64. The Morgan fingerprint density at radius 1 is 1.13 bits per heavy atom. The van der Waals surface area contributed by atoms with E-state index in [9.17, 15) is 9.59 Å². The Labute approximate surface area is 90.6 Å².